The first-order valence-electron chi connectivity index (χ1n) is 10.3. The van der Waals surface area contributed by atoms with Gasteiger partial charge in [0.15, 0.2) is 0 Å². The van der Waals surface area contributed by atoms with E-state index in [4.69, 9.17) is 0 Å². The Balaban J connectivity index is 1.44. The minimum absolute atomic E-state index is 0.175. The van der Waals surface area contributed by atoms with Crippen LogP contribution in [0, 0.1) is 5.41 Å². The van der Waals surface area contributed by atoms with Gasteiger partial charge in [-0.15, -0.1) is 0 Å². The maximum absolute atomic E-state index is 13.4. The molecule has 3 aliphatic carbocycles. The largest absolute Gasteiger partial charge is 0.417 e. The van der Waals surface area contributed by atoms with Gasteiger partial charge in [0.1, 0.15) is 5.82 Å². The van der Waals surface area contributed by atoms with Crippen molar-refractivity contribution in [2.24, 2.45) is 5.41 Å². The molecule has 0 radical (unpaired) electrons. The fourth-order valence-corrected chi connectivity index (χ4v) is 5.52. The molecule has 30 heavy (non-hydrogen) atoms. The molecule has 3 fully saturated rings. The van der Waals surface area contributed by atoms with E-state index in [1.165, 1.54) is 50.7 Å². The maximum atomic E-state index is 13.4. The number of nitrogens with one attached hydrogen (secondary N) is 1. The smallest absolute Gasteiger partial charge is 0.338 e. The summed E-state index contributed by atoms with van der Waals surface area (Å²) >= 11 is 3.91. The number of nitrogens with zero attached hydrogens (tertiary/aromatic N) is 1. The van der Waals surface area contributed by atoms with Gasteiger partial charge in [-0.1, -0.05) is 46.3 Å². The van der Waals surface area contributed by atoms with Crippen LogP contribution in [0.2, 0.25) is 0 Å². The Morgan fingerprint density at radius 2 is 1.67 bits per heavy atom. The second-order valence-electron chi connectivity index (χ2n) is 8.74. The first kappa shape index (κ1) is 19.9. The number of hydrogen-bond acceptors (Lipinski definition) is 1. The highest BCUT2D eigenvalue weighted by Crippen LogP contribution is 2.56. The van der Waals surface area contributed by atoms with Gasteiger partial charge in [0.25, 0.3) is 0 Å². The summed E-state index contributed by atoms with van der Waals surface area (Å²) < 4.78 is 40.5. The molecule has 2 aromatic carbocycles. The molecule has 0 spiro atoms. The molecule has 2 nitrogen and oxygen atoms in total. The normalized spacial score (nSPS) is 26.7. The molecule has 6 heteroatoms. The van der Waals surface area contributed by atoms with Crippen molar-refractivity contribution >= 4 is 33.0 Å². The molecule has 6 rings (SSSR count). The zero-order valence-corrected chi connectivity index (χ0v) is 18.0. The number of alkyl halides is 4. The number of benzene rings is 2. The Morgan fingerprint density at radius 3 is 2.37 bits per heavy atom. The van der Waals surface area contributed by atoms with Crippen LogP contribution >= 0.6 is 15.9 Å². The summed E-state index contributed by atoms with van der Waals surface area (Å²) in [6, 6.07) is 10.9. The van der Waals surface area contributed by atoms with Gasteiger partial charge >= 0.3 is 6.18 Å². The highest BCUT2D eigenvalue weighted by molar-refractivity contribution is 9.10. The van der Waals surface area contributed by atoms with Crippen molar-refractivity contribution in [3.05, 3.63) is 59.9 Å². The lowest BCUT2D eigenvalue weighted by Crippen LogP contribution is -2.41. The molecule has 3 aromatic rings. The van der Waals surface area contributed by atoms with Gasteiger partial charge in [0.05, 0.1) is 16.6 Å². The van der Waals surface area contributed by atoms with Crippen molar-refractivity contribution in [2.45, 2.75) is 49.0 Å². The fraction of sp³-hybridized carbons (Fsp3) is 0.375. The molecular formula is C24H22BrF3N2. The molecule has 0 aliphatic heterocycles. The van der Waals surface area contributed by atoms with Crippen LogP contribution < -0.4 is 0 Å². The molecule has 1 heterocycles. The van der Waals surface area contributed by atoms with Gasteiger partial charge in [0.2, 0.25) is 0 Å². The lowest BCUT2D eigenvalue weighted by Gasteiger charge is -2.49. The van der Waals surface area contributed by atoms with E-state index in [1.807, 2.05) is 0 Å². The Kier molecular flexibility index (Phi) is 4.62. The minimum Gasteiger partial charge on any atom is -0.338 e. The van der Waals surface area contributed by atoms with Crippen molar-refractivity contribution in [3.8, 4) is 11.1 Å². The third-order valence-corrected chi connectivity index (χ3v) is 8.04. The molecule has 156 valence electrons. The van der Waals surface area contributed by atoms with E-state index in [0.29, 0.717) is 15.4 Å². The summed E-state index contributed by atoms with van der Waals surface area (Å²) in [6.45, 7) is 0. The fourth-order valence-electron chi connectivity index (χ4n) is 4.93. The number of aromatic nitrogens is 2. The Morgan fingerprint density at radius 1 is 0.967 bits per heavy atom. The van der Waals surface area contributed by atoms with Crippen LogP contribution in [0.1, 0.15) is 49.9 Å². The van der Waals surface area contributed by atoms with Gasteiger partial charge in [-0.3, -0.25) is 0 Å². The highest BCUT2D eigenvalue weighted by atomic mass is 79.9. The summed E-state index contributed by atoms with van der Waals surface area (Å²) in [4.78, 5) is 7.93. The topological polar surface area (TPSA) is 28.7 Å². The molecule has 0 atom stereocenters. The quantitative estimate of drug-likeness (QED) is 0.386. The maximum Gasteiger partial charge on any atom is 0.417 e. The van der Waals surface area contributed by atoms with Crippen molar-refractivity contribution in [2.75, 3.05) is 0 Å². The standard InChI is InChI=1S/C24H22BrF3N2/c25-23-12-9-22(10-13-23,11-14-23)8-7-21-29-19-6-5-16(15-20(19)30-21)17-3-1-2-4-18(17)24(26,27)28/h1-8,15H,9-14H2,(H,29,30)/b8-7+. The average Bonchev–Trinajstić information content (AvgIpc) is 3.15. The molecule has 1 aromatic heterocycles. The van der Waals surface area contributed by atoms with Crippen LogP contribution in [-0.4, -0.2) is 14.3 Å². The first-order chi connectivity index (χ1) is 14.3. The summed E-state index contributed by atoms with van der Waals surface area (Å²) in [6.07, 6.45) is 7.15. The van der Waals surface area contributed by atoms with Crippen molar-refractivity contribution in [1.82, 2.24) is 9.97 Å². The van der Waals surface area contributed by atoms with Crippen LogP contribution in [0.3, 0.4) is 0 Å². The molecular weight excluding hydrogens is 453 g/mol. The number of H-pyrrole nitrogens is 1. The van der Waals surface area contributed by atoms with E-state index >= 15 is 0 Å². The Hall–Kier alpha value is -2.08. The van der Waals surface area contributed by atoms with E-state index in [-0.39, 0.29) is 11.0 Å². The van der Waals surface area contributed by atoms with Crippen LogP contribution in [0.15, 0.2) is 48.5 Å². The van der Waals surface area contributed by atoms with Gasteiger partial charge in [-0.25, -0.2) is 4.98 Å². The van der Waals surface area contributed by atoms with E-state index < -0.39 is 11.7 Å². The predicted octanol–water partition coefficient (Wildman–Crippen LogP) is 7.75. The monoisotopic (exact) mass is 474 g/mol. The van der Waals surface area contributed by atoms with E-state index in [9.17, 15) is 13.2 Å². The number of allylic oxidation sites excluding steroid dienone is 1. The molecule has 0 amide bonds. The molecule has 0 unspecified atom stereocenters. The number of aromatic amines is 1. The average molecular weight is 475 g/mol. The van der Waals surface area contributed by atoms with Crippen molar-refractivity contribution in [3.63, 3.8) is 0 Å². The predicted molar refractivity (Wildman–Crippen MR) is 117 cm³/mol. The second-order valence-corrected chi connectivity index (χ2v) is 10.4. The summed E-state index contributed by atoms with van der Waals surface area (Å²) in [5.41, 5.74) is 1.82. The Labute approximate surface area is 181 Å². The van der Waals surface area contributed by atoms with Crippen LogP contribution in [0.5, 0.6) is 0 Å². The summed E-state index contributed by atoms with van der Waals surface area (Å²) in [5, 5.41) is 0. The van der Waals surface area contributed by atoms with E-state index in [2.05, 4.69) is 38.0 Å². The van der Waals surface area contributed by atoms with Gasteiger partial charge in [0, 0.05) is 4.32 Å². The molecule has 2 bridgehead atoms. The summed E-state index contributed by atoms with van der Waals surface area (Å²) in [7, 11) is 0. The summed E-state index contributed by atoms with van der Waals surface area (Å²) in [5.74, 6) is 0.752. The number of hydrogen-bond donors (Lipinski definition) is 1. The van der Waals surface area contributed by atoms with E-state index in [0.717, 1.165) is 17.4 Å². The zero-order valence-electron chi connectivity index (χ0n) is 16.4. The van der Waals surface area contributed by atoms with Crippen LogP contribution in [-0.2, 0) is 6.18 Å². The number of rotatable bonds is 3. The van der Waals surface area contributed by atoms with Crippen LogP contribution in [0.4, 0.5) is 13.2 Å². The van der Waals surface area contributed by atoms with Gasteiger partial charge in [-0.05, 0) is 79.3 Å². The number of halogens is 4. The van der Waals surface area contributed by atoms with E-state index in [1.54, 1.807) is 24.3 Å². The van der Waals surface area contributed by atoms with Gasteiger partial charge < -0.3 is 4.98 Å². The molecule has 3 saturated carbocycles. The second kappa shape index (κ2) is 6.98. The molecule has 0 saturated heterocycles. The lowest BCUT2D eigenvalue weighted by atomic mass is 9.60. The molecule has 1 N–H and O–H groups in total. The minimum atomic E-state index is -4.39. The highest BCUT2D eigenvalue weighted by Gasteiger charge is 2.45. The van der Waals surface area contributed by atoms with Crippen molar-refractivity contribution < 1.29 is 13.2 Å². The third-order valence-electron chi connectivity index (χ3n) is 6.85. The Bertz CT molecular complexity index is 1100. The zero-order chi connectivity index (χ0) is 21.0. The third kappa shape index (κ3) is 3.59. The SMILES string of the molecule is FC(F)(F)c1ccccc1-c1ccc2[nH]c(/C=C/C34CCC(Br)(CC3)CC4)nc2c1. The molecule has 3 aliphatic rings. The first-order valence-corrected chi connectivity index (χ1v) is 11.1. The van der Waals surface area contributed by atoms with Gasteiger partial charge in [-0.2, -0.15) is 13.2 Å². The number of imidazole rings is 1. The number of fused-ring (bicyclic) bond motifs is 4. The lowest BCUT2D eigenvalue weighted by molar-refractivity contribution is -0.137. The van der Waals surface area contributed by atoms with Crippen molar-refractivity contribution in [1.29, 1.82) is 0 Å². The van der Waals surface area contributed by atoms with Crippen LogP contribution in [0.25, 0.3) is 28.2 Å².